The molecule has 3 N–H and O–H groups in total. The van der Waals surface area contributed by atoms with Crippen LogP contribution in [0.5, 0.6) is 0 Å². The second-order valence-corrected chi connectivity index (χ2v) is 5.58. The number of likely N-dealkylation sites (N-methyl/N-ethyl adjacent to an activating group) is 1. The summed E-state index contributed by atoms with van der Waals surface area (Å²) in [6.07, 6.45) is 1.90. The first-order chi connectivity index (χ1) is 9.42. The van der Waals surface area contributed by atoms with E-state index in [4.69, 9.17) is 5.73 Å². The molecule has 1 aliphatic rings. The molecule has 0 aromatic heterocycles. The standard InChI is InChI=1S/C15H21N3O2/c1-15(8-3-9-17-15)14(20)18(2)10-11-4-6-12(7-5-11)13(16)19/h4-7,17H,3,8-10H2,1-2H3,(H2,16,19). The van der Waals surface area contributed by atoms with E-state index in [-0.39, 0.29) is 5.91 Å². The van der Waals surface area contributed by atoms with Crippen LogP contribution in [-0.2, 0) is 11.3 Å². The van der Waals surface area contributed by atoms with E-state index in [2.05, 4.69) is 5.32 Å². The molecule has 1 aromatic rings. The molecule has 108 valence electrons. The number of hydrogen-bond donors (Lipinski definition) is 2. The Morgan fingerprint density at radius 3 is 2.50 bits per heavy atom. The number of nitrogens with one attached hydrogen (secondary N) is 1. The van der Waals surface area contributed by atoms with Gasteiger partial charge < -0.3 is 16.0 Å². The van der Waals surface area contributed by atoms with Crippen LogP contribution in [-0.4, -0.2) is 35.8 Å². The van der Waals surface area contributed by atoms with E-state index in [1.54, 1.807) is 24.1 Å². The highest BCUT2D eigenvalue weighted by Gasteiger charge is 2.37. The van der Waals surface area contributed by atoms with Crippen LogP contribution in [0.25, 0.3) is 0 Å². The number of primary amides is 1. The van der Waals surface area contributed by atoms with Crippen molar-refractivity contribution in [2.24, 2.45) is 5.73 Å². The maximum absolute atomic E-state index is 12.4. The van der Waals surface area contributed by atoms with Gasteiger partial charge in [-0.3, -0.25) is 9.59 Å². The lowest BCUT2D eigenvalue weighted by Gasteiger charge is -2.29. The quantitative estimate of drug-likeness (QED) is 0.856. The molecule has 1 aromatic carbocycles. The summed E-state index contributed by atoms with van der Waals surface area (Å²) in [5.41, 5.74) is 6.22. The number of nitrogens with zero attached hydrogens (tertiary/aromatic N) is 1. The van der Waals surface area contributed by atoms with Gasteiger partial charge in [-0.1, -0.05) is 12.1 Å². The van der Waals surface area contributed by atoms with Crippen molar-refractivity contribution in [3.05, 3.63) is 35.4 Å². The molecule has 1 fully saturated rings. The minimum atomic E-state index is -0.443. The van der Waals surface area contributed by atoms with Crippen molar-refractivity contribution in [2.75, 3.05) is 13.6 Å². The Kier molecular flexibility index (Phi) is 4.09. The molecule has 0 aliphatic carbocycles. The third kappa shape index (κ3) is 2.99. The summed E-state index contributed by atoms with van der Waals surface area (Å²) in [6.45, 7) is 3.37. The summed E-state index contributed by atoms with van der Waals surface area (Å²) < 4.78 is 0. The smallest absolute Gasteiger partial charge is 0.248 e. The summed E-state index contributed by atoms with van der Waals surface area (Å²) in [4.78, 5) is 25.2. The molecule has 1 saturated heterocycles. The molecule has 1 heterocycles. The van der Waals surface area contributed by atoms with Crippen LogP contribution in [0.4, 0.5) is 0 Å². The first kappa shape index (κ1) is 14.5. The molecule has 1 atom stereocenters. The third-order valence-corrected chi connectivity index (χ3v) is 3.85. The minimum absolute atomic E-state index is 0.106. The Labute approximate surface area is 119 Å². The van der Waals surface area contributed by atoms with Gasteiger partial charge in [-0.25, -0.2) is 0 Å². The van der Waals surface area contributed by atoms with Crippen molar-refractivity contribution >= 4 is 11.8 Å². The SMILES string of the molecule is CN(Cc1ccc(C(N)=O)cc1)C(=O)C1(C)CCCN1. The highest BCUT2D eigenvalue weighted by Crippen LogP contribution is 2.21. The molecule has 0 bridgehead atoms. The van der Waals surface area contributed by atoms with Gasteiger partial charge in [0.1, 0.15) is 0 Å². The molecule has 1 unspecified atom stereocenters. The highest BCUT2D eigenvalue weighted by atomic mass is 16.2. The molecule has 20 heavy (non-hydrogen) atoms. The van der Waals surface area contributed by atoms with Crippen molar-refractivity contribution < 1.29 is 9.59 Å². The number of benzene rings is 1. The van der Waals surface area contributed by atoms with Gasteiger partial charge in [0.25, 0.3) is 0 Å². The monoisotopic (exact) mass is 275 g/mol. The molecule has 2 amide bonds. The van der Waals surface area contributed by atoms with Crippen molar-refractivity contribution in [3.63, 3.8) is 0 Å². The molecule has 0 spiro atoms. The summed E-state index contributed by atoms with van der Waals surface area (Å²) in [7, 11) is 1.80. The van der Waals surface area contributed by atoms with E-state index in [0.29, 0.717) is 12.1 Å². The zero-order valence-electron chi connectivity index (χ0n) is 12.0. The predicted octanol–water partition coefficient (Wildman–Crippen LogP) is 0.886. The summed E-state index contributed by atoms with van der Waals surface area (Å²) in [5.74, 6) is -0.336. The fourth-order valence-electron chi connectivity index (χ4n) is 2.62. The zero-order valence-corrected chi connectivity index (χ0v) is 12.0. The molecule has 5 nitrogen and oxygen atoms in total. The van der Waals surface area contributed by atoms with Crippen LogP contribution in [0.15, 0.2) is 24.3 Å². The predicted molar refractivity (Wildman–Crippen MR) is 77.1 cm³/mol. The topological polar surface area (TPSA) is 75.4 Å². The van der Waals surface area contributed by atoms with Crippen molar-refractivity contribution in [3.8, 4) is 0 Å². The Morgan fingerprint density at radius 1 is 1.35 bits per heavy atom. The summed E-state index contributed by atoms with van der Waals surface area (Å²) >= 11 is 0. The molecule has 0 radical (unpaired) electrons. The number of hydrogen-bond acceptors (Lipinski definition) is 3. The van der Waals surface area contributed by atoms with E-state index in [1.165, 1.54) is 0 Å². The Balaban J connectivity index is 2.02. The first-order valence-corrected chi connectivity index (χ1v) is 6.82. The van der Waals surface area contributed by atoms with Crippen LogP contribution < -0.4 is 11.1 Å². The van der Waals surface area contributed by atoms with Gasteiger partial charge in [0.2, 0.25) is 11.8 Å². The van der Waals surface area contributed by atoms with Gasteiger partial charge in [-0.15, -0.1) is 0 Å². The molecule has 5 heteroatoms. The fraction of sp³-hybridized carbons (Fsp3) is 0.467. The lowest BCUT2D eigenvalue weighted by Crippen LogP contribution is -2.51. The van der Waals surface area contributed by atoms with Crippen LogP contribution in [0.1, 0.15) is 35.7 Å². The minimum Gasteiger partial charge on any atom is -0.366 e. The van der Waals surface area contributed by atoms with Gasteiger partial charge in [-0.2, -0.15) is 0 Å². The van der Waals surface area contributed by atoms with E-state index in [9.17, 15) is 9.59 Å². The largest absolute Gasteiger partial charge is 0.366 e. The van der Waals surface area contributed by atoms with Crippen molar-refractivity contribution in [2.45, 2.75) is 31.8 Å². The van der Waals surface area contributed by atoms with E-state index in [1.807, 2.05) is 19.1 Å². The number of carbonyl (C=O) groups is 2. The van der Waals surface area contributed by atoms with E-state index < -0.39 is 11.4 Å². The molecular formula is C15H21N3O2. The lowest BCUT2D eigenvalue weighted by atomic mass is 9.98. The number of rotatable bonds is 4. The van der Waals surface area contributed by atoms with Crippen LogP contribution >= 0.6 is 0 Å². The second-order valence-electron chi connectivity index (χ2n) is 5.58. The van der Waals surface area contributed by atoms with Gasteiger partial charge >= 0.3 is 0 Å². The van der Waals surface area contributed by atoms with E-state index >= 15 is 0 Å². The number of amides is 2. The average molecular weight is 275 g/mol. The second kappa shape index (κ2) is 5.63. The zero-order chi connectivity index (χ0) is 14.8. The van der Waals surface area contributed by atoms with Gasteiger partial charge in [-0.05, 0) is 44.0 Å². The molecule has 2 rings (SSSR count). The molecule has 0 saturated carbocycles. The average Bonchev–Trinajstić information content (AvgIpc) is 2.86. The normalized spacial score (nSPS) is 21.7. The van der Waals surface area contributed by atoms with Crippen LogP contribution in [0.2, 0.25) is 0 Å². The van der Waals surface area contributed by atoms with Crippen LogP contribution in [0, 0.1) is 0 Å². The van der Waals surface area contributed by atoms with Crippen molar-refractivity contribution in [1.82, 2.24) is 10.2 Å². The Morgan fingerprint density at radius 2 is 2.00 bits per heavy atom. The molecular weight excluding hydrogens is 254 g/mol. The Hall–Kier alpha value is -1.88. The summed E-state index contributed by atoms with van der Waals surface area (Å²) in [5, 5.41) is 3.27. The maximum Gasteiger partial charge on any atom is 0.248 e. The molecule has 1 aliphatic heterocycles. The van der Waals surface area contributed by atoms with Crippen LogP contribution in [0.3, 0.4) is 0 Å². The highest BCUT2D eigenvalue weighted by molar-refractivity contribution is 5.92. The lowest BCUT2D eigenvalue weighted by molar-refractivity contribution is -0.136. The number of nitrogens with two attached hydrogens (primary N) is 1. The van der Waals surface area contributed by atoms with Crippen molar-refractivity contribution in [1.29, 1.82) is 0 Å². The Bertz CT molecular complexity index is 504. The number of carbonyl (C=O) groups excluding carboxylic acids is 2. The maximum atomic E-state index is 12.4. The van der Waals surface area contributed by atoms with E-state index in [0.717, 1.165) is 24.9 Å². The van der Waals surface area contributed by atoms with Gasteiger partial charge in [0.15, 0.2) is 0 Å². The van der Waals surface area contributed by atoms with Gasteiger partial charge in [0.05, 0.1) is 5.54 Å². The first-order valence-electron chi connectivity index (χ1n) is 6.82. The summed E-state index contributed by atoms with van der Waals surface area (Å²) in [6, 6.07) is 7.03. The fourth-order valence-corrected chi connectivity index (χ4v) is 2.62. The van der Waals surface area contributed by atoms with Gasteiger partial charge in [0, 0.05) is 19.2 Å². The third-order valence-electron chi connectivity index (χ3n) is 3.85.